The van der Waals surface area contributed by atoms with E-state index in [0.29, 0.717) is 11.8 Å². The molecule has 1 aromatic heterocycles. The molecule has 0 aliphatic heterocycles. The van der Waals surface area contributed by atoms with Gasteiger partial charge in [-0.15, -0.1) is 0 Å². The first-order valence-corrected chi connectivity index (χ1v) is 19.5. The molecule has 0 amide bonds. The maximum absolute atomic E-state index is 4.92. The van der Waals surface area contributed by atoms with Gasteiger partial charge in [-0.3, -0.25) is 4.90 Å². The van der Waals surface area contributed by atoms with E-state index in [1.165, 1.54) is 71.3 Å². The smallest absolute Gasteiger partial charge is 0.137 e. The van der Waals surface area contributed by atoms with Crippen molar-refractivity contribution in [1.29, 1.82) is 0 Å². The lowest BCUT2D eigenvalue weighted by atomic mass is 9.81. The first-order chi connectivity index (χ1) is 27.7. The highest BCUT2D eigenvalue weighted by Gasteiger charge is 2.25. The lowest BCUT2D eigenvalue weighted by Crippen LogP contribution is -2.21. The van der Waals surface area contributed by atoms with Crippen molar-refractivity contribution in [2.24, 2.45) is 5.92 Å². The Labute approximate surface area is 328 Å². The highest BCUT2D eigenvalue weighted by Crippen LogP contribution is 2.50. The molecule has 2 nitrogen and oxygen atoms in total. The third kappa shape index (κ3) is 5.88. The average Bonchev–Trinajstić information content (AvgIpc) is 3.27. The van der Waals surface area contributed by atoms with Crippen LogP contribution in [0.25, 0.3) is 65.7 Å². The minimum Gasteiger partial charge on any atom is -0.295 e. The second-order valence-electron chi connectivity index (χ2n) is 14.7. The summed E-state index contributed by atoms with van der Waals surface area (Å²) in [6.07, 6.45) is 8.93. The summed E-state index contributed by atoms with van der Waals surface area (Å²) in [5.41, 5.74) is 10.8. The molecule has 2 unspecified atom stereocenters. The van der Waals surface area contributed by atoms with Crippen LogP contribution in [0.3, 0.4) is 0 Å². The van der Waals surface area contributed by atoms with Crippen LogP contribution in [0.15, 0.2) is 218 Å². The lowest BCUT2D eigenvalue weighted by Gasteiger charge is -2.31. The van der Waals surface area contributed by atoms with Crippen molar-refractivity contribution in [3.63, 3.8) is 0 Å². The average molecular weight is 717 g/mol. The topological polar surface area (TPSA) is 16.1 Å². The summed E-state index contributed by atoms with van der Waals surface area (Å²) < 4.78 is 0. The molecular weight excluding hydrogens is 677 g/mol. The molecule has 10 rings (SSSR count). The van der Waals surface area contributed by atoms with Crippen LogP contribution in [0.1, 0.15) is 18.4 Å². The Morgan fingerprint density at radius 1 is 0.482 bits per heavy atom. The zero-order chi connectivity index (χ0) is 37.4. The van der Waals surface area contributed by atoms with E-state index in [0.717, 1.165) is 17.2 Å². The number of pyridine rings is 1. The largest absolute Gasteiger partial charge is 0.295 e. The van der Waals surface area contributed by atoms with E-state index in [2.05, 4.69) is 212 Å². The van der Waals surface area contributed by atoms with Crippen LogP contribution in [0.4, 0.5) is 11.5 Å². The summed E-state index contributed by atoms with van der Waals surface area (Å²) >= 11 is 0. The number of allylic oxidation sites excluding steroid dienone is 3. The number of hydrogen-bond acceptors (Lipinski definition) is 2. The minimum absolute atomic E-state index is 0.301. The minimum atomic E-state index is 0.301. The zero-order valence-electron chi connectivity index (χ0n) is 31.3. The molecule has 0 saturated carbocycles. The van der Waals surface area contributed by atoms with Gasteiger partial charge in [-0.05, 0) is 114 Å². The Bertz CT molecular complexity index is 2900. The Kier molecular flexibility index (Phi) is 8.57. The Morgan fingerprint density at radius 2 is 1.07 bits per heavy atom. The third-order valence-corrected chi connectivity index (χ3v) is 11.4. The number of hydrogen-bond donors (Lipinski definition) is 0. The fourth-order valence-corrected chi connectivity index (χ4v) is 8.82. The molecule has 0 N–H and O–H groups in total. The Balaban J connectivity index is 1.28. The molecule has 2 heteroatoms. The van der Waals surface area contributed by atoms with E-state index in [4.69, 9.17) is 4.98 Å². The van der Waals surface area contributed by atoms with Gasteiger partial charge in [-0.2, -0.15) is 0 Å². The zero-order valence-corrected chi connectivity index (χ0v) is 31.3. The first kappa shape index (κ1) is 33.5. The fraction of sp³-hybridized carbons (Fsp3) is 0.0556. The number of anilines is 2. The summed E-state index contributed by atoms with van der Waals surface area (Å²) in [5.74, 6) is 1.50. The molecule has 0 fully saturated rings. The van der Waals surface area contributed by atoms with Gasteiger partial charge in [0.1, 0.15) is 5.82 Å². The van der Waals surface area contributed by atoms with E-state index in [1.54, 1.807) is 0 Å². The van der Waals surface area contributed by atoms with Crippen LogP contribution in [-0.4, -0.2) is 4.98 Å². The van der Waals surface area contributed by atoms with Gasteiger partial charge in [-0.1, -0.05) is 177 Å². The van der Waals surface area contributed by atoms with Gasteiger partial charge in [-0.25, -0.2) is 4.98 Å². The van der Waals surface area contributed by atoms with Crippen molar-refractivity contribution in [2.45, 2.75) is 12.8 Å². The molecule has 1 aliphatic carbocycles. The van der Waals surface area contributed by atoms with Gasteiger partial charge in [0.15, 0.2) is 0 Å². The number of aromatic nitrogens is 1. The number of nitrogens with zero attached hydrogens (tertiary/aromatic N) is 2. The van der Waals surface area contributed by atoms with Gasteiger partial charge in [0.2, 0.25) is 0 Å². The van der Waals surface area contributed by atoms with Gasteiger partial charge < -0.3 is 0 Å². The van der Waals surface area contributed by atoms with Crippen molar-refractivity contribution in [3.8, 4) is 33.4 Å². The van der Waals surface area contributed by atoms with E-state index in [9.17, 15) is 0 Å². The molecule has 8 aromatic carbocycles. The summed E-state index contributed by atoms with van der Waals surface area (Å²) in [5, 5.41) is 7.44. The highest BCUT2D eigenvalue weighted by molar-refractivity contribution is 6.33. The van der Waals surface area contributed by atoms with Crippen molar-refractivity contribution < 1.29 is 0 Å². The predicted molar refractivity (Wildman–Crippen MR) is 237 cm³/mol. The summed E-state index contributed by atoms with van der Waals surface area (Å²) in [4.78, 5) is 7.24. The molecule has 0 saturated heterocycles. The second kappa shape index (κ2) is 14.3. The standard InChI is InChI=1S/C54H40N2/c1-37-34-42(29-31-44(37)38-18-6-2-7-19-38)56(51-28-16-17-33-55-51)43-30-32-47-50(35-43)45-26-14-15-27-46(45)53-49(40-22-10-4-11-23-40)36-48(39-20-8-3-9-21-39)52(54(47)53)41-24-12-5-13-25-41/h2-37,44H,1H3. The molecule has 266 valence electrons. The second-order valence-corrected chi connectivity index (χ2v) is 14.7. The van der Waals surface area contributed by atoms with Crippen molar-refractivity contribution >= 4 is 43.8 Å². The van der Waals surface area contributed by atoms with E-state index in [-0.39, 0.29) is 0 Å². The number of fused-ring (bicyclic) bond motifs is 6. The lowest BCUT2D eigenvalue weighted by molar-refractivity contribution is 0.628. The maximum atomic E-state index is 4.92. The van der Waals surface area contributed by atoms with E-state index < -0.39 is 0 Å². The molecule has 9 aromatic rings. The fourth-order valence-electron chi connectivity index (χ4n) is 8.82. The van der Waals surface area contributed by atoms with Gasteiger partial charge in [0.25, 0.3) is 0 Å². The number of rotatable bonds is 7. The molecule has 0 bridgehead atoms. The van der Waals surface area contributed by atoms with Crippen LogP contribution >= 0.6 is 0 Å². The molecule has 1 heterocycles. The highest BCUT2D eigenvalue weighted by atomic mass is 15.2. The predicted octanol–water partition coefficient (Wildman–Crippen LogP) is 14.6. The van der Waals surface area contributed by atoms with Crippen LogP contribution in [0, 0.1) is 5.92 Å². The number of benzene rings is 8. The molecule has 2 atom stereocenters. The maximum Gasteiger partial charge on any atom is 0.137 e. The van der Waals surface area contributed by atoms with Gasteiger partial charge >= 0.3 is 0 Å². The van der Waals surface area contributed by atoms with E-state index in [1.807, 2.05) is 12.3 Å². The van der Waals surface area contributed by atoms with Crippen LogP contribution in [0.5, 0.6) is 0 Å². The summed E-state index contributed by atoms with van der Waals surface area (Å²) in [7, 11) is 0. The van der Waals surface area contributed by atoms with Crippen LogP contribution in [-0.2, 0) is 0 Å². The Morgan fingerprint density at radius 3 is 1.73 bits per heavy atom. The van der Waals surface area contributed by atoms with Crippen LogP contribution in [0.2, 0.25) is 0 Å². The monoisotopic (exact) mass is 716 g/mol. The first-order valence-electron chi connectivity index (χ1n) is 19.5. The van der Waals surface area contributed by atoms with Crippen LogP contribution < -0.4 is 4.90 Å². The SMILES string of the molecule is CC1C=C(N(c2ccc3c(c2)c2ccccc2c2c(-c4ccccc4)cc(-c4ccccc4)c(-c4ccccc4)c32)c2ccccn2)C=CC1c1ccccc1. The van der Waals surface area contributed by atoms with Gasteiger partial charge in [0, 0.05) is 23.5 Å². The molecule has 56 heavy (non-hydrogen) atoms. The molecule has 0 spiro atoms. The van der Waals surface area contributed by atoms with Gasteiger partial charge in [0.05, 0.1) is 0 Å². The van der Waals surface area contributed by atoms with Crippen molar-refractivity contribution in [2.75, 3.05) is 4.90 Å². The van der Waals surface area contributed by atoms with Crippen molar-refractivity contribution in [1.82, 2.24) is 4.98 Å². The third-order valence-electron chi connectivity index (χ3n) is 11.4. The summed E-state index contributed by atoms with van der Waals surface area (Å²) in [6.45, 7) is 2.32. The molecular formula is C54H40N2. The van der Waals surface area contributed by atoms with Crippen molar-refractivity contribution in [3.05, 3.63) is 224 Å². The van der Waals surface area contributed by atoms with E-state index >= 15 is 0 Å². The normalized spacial score (nSPS) is 15.3. The molecule has 1 aliphatic rings. The Hall–Kier alpha value is -7.03. The molecule has 0 radical (unpaired) electrons. The summed E-state index contributed by atoms with van der Waals surface area (Å²) in [6, 6.07) is 68.1. The quantitative estimate of drug-likeness (QED) is 0.153.